The quantitative estimate of drug-likeness (QED) is 0.437. The molecule has 0 spiro atoms. The van der Waals surface area contributed by atoms with Gasteiger partial charge in [0.25, 0.3) is 5.91 Å². The van der Waals surface area contributed by atoms with Gasteiger partial charge in [0.2, 0.25) is 0 Å². The predicted octanol–water partition coefficient (Wildman–Crippen LogP) is 5.22. The maximum absolute atomic E-state index is 13.5. The third-order valence-corrected chi connectivity index (χ3v) is 5.97. The number of ketones is 1. The van der Waals surface area contributed by atoms with Crippen LogP contribution in [0.25, 0.3) is 11.1 Å². The number of amides is 1. The Morgan fingerprint density at radius 1 is 1.03 bits per heavy atom. The molecule has 7 nitrogen and oxygen atoms in total. The van der Waals surface area contributed by atoms with Gasteiger partial charge in [0, 0.05) is 36.2 Å². The van der Waals surface area contributed by atoms with Gasteiger partial charge in [-0.1, -0.05) is 51.1 Å². The molecular weight excluding hydrogens is 444 g/mol. The van der Waals surface area contributed by atoms with Crippen LogP contribution in [-0.4, -0.2) is 42.1 Å². The number of aliphatic hydroxyl groups is 1. The number of aromatic nitrogens is 1. The maximum Gasteiger partial charge on any atom is 0.294 e. The molecule has 35 heavy (non-hydrogen) atoms. The number of H-pyrrole nitrogens is 1. The van der Waals surface area contributed by atoms with E-state index >= 15 is 0 Å². The molecule has 1 aliphatic heterocycles. The largest absolute Gasteiger partial charge is 0.503 e. The summed E-state index contributed by atoms with van der Waals surface area (Å²) in [5.74, 6) is -0.934. The van der Waals surface area contributed by atoms with Crippen LogP contribution in [0.5, 0.6) is 5.75 Å². The number of para-hydroxylation sites is 1. The number of rotatable bonds is 8. The summed E-state index contributed by atoms with van der Waals surface area (Å²) >= 11 is 0. The summed E-state index contributed by atoms with van der Waals surface area (Å²) in [5.41, 5.74) is 2.44. The molecule has 1 atom stereocenters. The number of methoxy groups -OCH3 is 1. The lowest BCUT2D eigenvalue weighted by Gasteiger charge is -2.30. The SMILES string of the molecule is COCCOc1ccccc1C1C(C(=O)C(C)(C)C)=C(O)C(=O)N1c1ccc(-c2cc[nH]c2)cc1. The first-order valence-electron chi connectivity index (χ1n) is 11.5. The van der Waals surface area contributed by atoms with Crippen molar-refractivity contribution in [3.63, 3.8) is 0 Å². The number of carbonyl (C=O) groups excluding carboxylic acids is 2. The fourth-order valence-electron chi connectivity index (χ4n) is 4.19. The van der Waals surface area contributed by atoms with E-state index in [-0.39, 0.29) is 11.4 Å². The van der Waals surface area contributed by atoms with E-state index in [4.69, 9.17) is 9.47 Å². The Balaban J connectivity index is 1.82. The minimum absolute atomic E-state index is 0.0694. The van der Waals surface area contributed by atoms with Crippen molar-refractivity contribution < 1.29 is 24.2 Å². The lowest BCUT2D eigenvalue weighted by Crippen LogP contribution is -2.33. The minimum atomic E-state index is -0.842. The zero-order valence-electron chi connectivity index (χ0n) is 20.4. The summed E-state index contributed by atoms with van der Waals surface area (Å²) in [6.45, 7) is 6.00. The number of anilines is 1. The molecule has 1 amide bonds. The maximum atomic E-state index is 13.5. The Bertz CT molecular complexity index is 1240. The predicted molar refractivity (Wildman–Crippen MR) is 134 cm³/mol. The van der Waals surface area contributed by atoms with Crippen molar-refractivity contribution in [3.05, 3.63) is 83.9 Å². The van der Waals surface area contributed by atoms with E-state index in [1.165, 1.54) is 4.90 Å². The van der Waals surface area contributed by atoms with Gasteiger partial charge in [-0.15, -0.1) is 0 Å². The van der Waals surface area contributed by atoms with Crippen LogP contribution in [0.2, 0.25) is 0 Å². The van der Waals surface area contributed by atoms with E-state index < -0.39 is 23.1 Å². The molecule has 2 aromatic carbocycles. The third-order valence-electron chi connectivity index (χ3n) is 5.97. The normalized spacial score (nSPS) is 16.2. The first-order valence-corrected chi connectivity index (χ1v) is 11.5. The highest BCUT2D eigenvalue weighted by molar-refractivity contribution is 6.17. The number of nitrogens with zero attached hydrogens (tertiary/aromatic N) is 1. The van der Waals surface area contributed by atoms with Crippen molar-refractivity contribution in [3.8, 4) is 16.9 Å². The van der Waals surface area contributed by atoms with E-state index in [0.29, 0.717) is 30.2 Å². The van der Waals surface area contributed by atoms with Crippen molar-refractivity contribution in [1.82, 2.24) is 4.98 Å². The number of carbonyl (C=O) groups is 2. The van der Waals surface area contributed by atoms with Gasteiger partial charge in [-0.3, -0.25) is 14.5 Å². The molecule has 4 rings (SSSR count). The fraction of sp³-hybridized carbons (Fsp3) is 0.286. The van der Waals surface area contributed by atoms with Crippen LogP contribution in [-0.2, 0) is 14.3 Å². The monoisotopic (exact) mass is 474 g/mol. The molecule has 2 heterocycles. The molecule has 0 fully saturated rings. The average Bonchev–Trinajstić information content (AvgIpc) is 3.46. The highest BCUT2D eigenvalue weighted by atomic mass is 16.5. The van der Waals surface area contributed by atoms with E-state index in [1.54, 1.807) is 33.9 Å². The Labute approximate surface area is 205 Å². The second-order valence-corrected chi connectivity index (χ2v) is 9.44. The Morgan fingerprint density at radius 3 is 2.37 bits per heavy atom. The minimum Gasteiger partial charge on any atom is -0.503 e. The standard InChI is InChI=1S/C28H30N2O5/c1-28(2,3)26(32)23-24(21-7-5-6-8-22(21)35-16-15-34-4)30(27(33)25(23)31)20-11-9-18(10-12-20)19-13-14-29-17-19/h5-14,17,24,29,31H,15-16H2,1-4H3. The van der Waals surface area contributed by atoms with Crippen LogP contribution < -0.4 is 9.64 Å². The first kappa shape index (κ1) is 24.3. The molecule has 2 N–H and O–H groups in total. The summed E-state index contributed by atoms with van der Waals surface area (Å²) < 4.78 is 11.0. The second-order valence-electron chi connectivity index (χ2n) is 9.44. The molecule has 182 valence electrons. The summed E-state index contributed by atoms with van der Waals surface area (Å²) in [6, 6.07) is 15.8. The van der Waals surface area contributed by atoms with Gasteiger partial charge in [0.15, 0.2) is 11.5 Å². The molecule has 0 radical (unpaired) electrons. The molecule has 1 aliphatic rings. The zero-order valence-corrected chi connectivity index (χ0v) is 20.4. The Morgan fingerprint density at radius 2 is 1.74 bits per heavy atom. The molecule has 7 heteroatoms. The van der Waals surface area contributed by atoms with Crippen molar-refractivity contribution in [2.75, 3.05) is 25.2 Å². The number of hydrogen-bond donors (Lipinski definition) is 2. The second kappa shape index (κ2) is 9.80. The fourth-order valence-corrected chi connectivity index (χ4v) is 4.19. The van der Waals surface area contributed by atoms with Crippen LogP contribution in [0.15, 0.2) is 78.3 Å². The van der Waals surface area contributed by atoms with Gasteiger partial charge in [-0.2, -0.15) is 0 Å². The number of aromatic amines is 1. The molecule has 0 saturated carbocycles. The van der Waals surface area contributed by atoms with Crippen molar-refractivity contribution in [2.24, 2.45) is 5.41 Å². The van der Waals surface area contributed by atoms with Crippen LogP contribution in [0, 0.1) is 5.41 Å². The summed E-state index contributed by atoms with van der Waals surface area (Å²) in [6.07, 6.45) is 3.73. The summed E-state index contributed by atoms with van der Waals surface area (Å²) in [5, 5.41) is 11.0. The first-order chi connectivity index (χ1) is 16.7. The number of ether oxygens (including phenoxy) is 2. The summed E-state index contributed by atoms with van der Waals surface area (Å²) in [4.78, 5) is 31.4. The van der Waals surface area contributed by atoms with E-state index in [9.17, 15) is 14.7 Å². The van der Waals surface area contributed by atoms with Crippen molar-refractivity contribution in [1.29, 1.82) is 0 Å². The zero-order chi connectivity index (χ0) is 25.2. The van der Waals surface area contributed by atoms with Gasteiger partial charge in [-0.05, 0) is 35.4 Å². The number of nitrogens with one attached hydrogen (secondary N) is 1. The van der Waals surface area contributed by atoms with Crippen molar-refractivity contribution in [2.45, 2.75) is 26.8 Å². The van der Waals surface area contributed by atoms with Gasteiger partial charge in [0.05, 0.1) is 18.2 Å². The number of benzene rings is 2. The van der Waals surface area contributed by atoms with Crippen LogP contribution in [0.4, 0.5) is 5.69 Å². The van der Waals surface area contributed by atoms with Crippen LogP contribution in [0.3, 0.4) is 0 Å². The third kappa shape index (κ3) is 4.72. The summed E-state index contributed by atoms with van der Waals surface area (Å²) in [7, 11) is 1.59. The molecule has 1 unspecified atom stereocenters. The number of hydrogen-bond acceptors (Lipinski definition) is 5. The average molecular weight is 475 g/mol. The van der Waals surface area contributed by atoms with E-state index in [1.807, 2.05) is 60.9 Å². The van der Waals surface area contributed by atoms with Crippen molar-refractivity contribution >= 4 is 17.4 Å². The van der Waals surface area contributed by atoms with Gasteiger partial charge in [-0.25, -0.2) is 0 Å². The molecular formula is C28H30N2O5. The smallest absolute Gasteiger partial charge is 0.294 e. The Kier molecular flexibility index (Phi) is 6.80. The molecule has 0 bridgehead atoms. The Hall–Kier alpha value is -3.84. The molecule has 0 aliphatic carbocycles. The molecule has 0 saturated heterocycles. The van der Waals surface area contributed by atoms with Gasteiger partial charge >= 0.3 is 0 Å². The van der Waals surface area contributed by atoms with Crippen LogP contribution in [0.1, 0.15) is 32.4 Å². The van der Waals surface area contributed by atoms with Crippen LogP contribution >= 0.6 is 0 Å². The number of aliphatic hydroxyl groups excluding tert-OH is 1. The lowest BCUT2D eigenvalue weighted by molar-refractivity contribution is -0.123. The lowest BCUT2D eigenvalue weighted by atomic mass is 9.82. The highest BCUT2D eigenvalue weighted by Crippen LogP contribution is 2.46. The van der Waals surface area contributed by atoms with Gasteiger partial charge < -0.3 is 19.6 Å². The van der Waals surface area contributed by atoms with Gasteiger partial charge in [0.1, 0.15) is 12.4 Å². The van der Waals surface area contributed by atoms with E-state index in [2.05, 4.69) is 4.98 Å². The topological polar surface area (TPSA) is 91.9 Å². The molecule has 3 aromatic rings. The molecule has 1 aromatic heterocycles. The number of Topliss-reactive ketones (excluding diaryl/α,β-unsaturated/α-hetero) is 1. The van der Waals surface area contributed by atoms with E-state index in [0.717, 1.165) is 11.1 Å². The highest BCUT2D eigenvalue weighted by Gasteiger charge is 2.47.